The van der Waals surface area contributed by atoms with Gasteiger partial charge in [0.05, 0.1) is 11.2 Å². The van der Waals surface area contributed by atoms with Crippen molar-refractivity contribution in [3.63, 3.8) is 0 Å². The van der Waals surface area contributed by atoms with Crippen LogP contribution in [0.1, 0.15) is 11.6 Å². The van der Waals surface area contributed by atoms with Gasteiger partial charge in [-0.1, -0.05) is 0 Å². The van der Waals surface area contributed by atoms with Crippen LogP contribution in [0.2, 0.25) is 0 Å². The summed E-state index contributed by atoms with van der Waals surface area (Å²) in [4.78, 5) is 15.1. The van der Waals surface area contributed by atoms with Gasteiger partial charge in [-0.25, -0.2) is 9.78 Å². The minimum absolute atomic E-state index is 0.158. The first kappa shape index (κ1) is 10.5. The Labute approximate surface area is 94.3 Å². The molecular formula is C9H7N3O3S. The Morgan fingerprint density at radius 3 is 3.00 bits per heavy atom. The highest BCUT2D eigenvalue weighted by molar-refractivity contribution is 7.13. The molecule has 0 unspecified atom stereocenters. The molecule has 0 saturated carbocycles. The van der Waals surface area contributed by atoms with Crippen LogP contribution in [0.4, 0.5) is 0 Å². The van der Waals surface area contributed by atoms with Crippen molar-refractivity contribution in [3.8, 4) is 10.8 Å². The van der Waals surface area contributed by atoms with Crippen LogP contribution in [-0.2, 0) is 4.79 Å². The van der Waals surface area contributed by atoms with Gasteiger partial charge >= 0.3 is 5.97 Å². The Morgan fingerprint density at radius 2 is 2.38 bits per heavy atom. The van der Waals surface area contributed by atoms with Crippen molar-refractivity contribution >= 4 is 23.4 Å². The molecule has 0 aliphatic rings. The second kappa shape index (κ2) is 4.23. The summed E-state index contributed by atoms with van der Waals surface area (Å²) in [7, 11) is 0. The summed E-state index contributed by atoms with van der Waals surface area (Å²) < 4.78 is 5.26. The lowest BCUT2D eigenvalue weighted by atomic mass is 10.4. The highest BCUT2D eigenvalue weighted by Gasteiger charge is 2.11. The lowest BCUT2D eigenvalue weighted by Gasteiger charge is -1.87. The fourth-order valence-electron chi connectivity index (χ4n) is 1.04. The number of hydrogen-bond acceptors (Lipinski definition) is 6. The average molecular weight is 237 g/mol. The van der Waals surface area contributed by atoms with Crippen LogP contribution in [0.5, 0.6) is 0 Å². The molecule has 16 heavy (non-hydrogen) atoms. The maximum atomic E-state index is 10.3. The Bertz CT molecular complexity index is 544. The van der Waals surface area contributed by atoms with E-state index < -0.39 is 5.97 Å². The Morgan fingerprint density at radius 1 is 1.56 bits per heavy atom. The second-order valence-electron chi connectivity index (χ2n) is 2.88. The number of hydrogen-bond donors (Lipinski definition) is 1. The molecule has 0 aliphatic heterocycles. The van der Waals surface area contributed by atoms with Gasteiger partial charge < -0.3 is 9.52 Å². The summed E-state index contributed by atoms with van der Waals surface area (Å²) in [5.41, 5.74) is 2.49. The number of thiazole rings is 1. The molecule has 2 heterocycles. The number of carbonyl (C=O) groups is 1. The Hall–Kier alpha value is -2.02. The highest BCUT2D eigenvalue weighted by atomic mass is 32.1. The quantitative estimate of drug-likeness (QED) is 0.815. The molecule has 0 bridgehead atoms. The monoisotopic (exact) mass is 237 g/mol. The normalized spacial score (nSPS) is 11.1. The van der Waals surface area contributed by atoms with Crippen molar-refractivity contribution in [1.29, 1.82) is 0 Å². The van der Waals surface area contributed by atoms with Crippen molar-refractivity contribution in [2.24, 2.45) is 0 Å². The van der Waals surface area contributed by atoms with E-state index in [4.69, 9.17) is 9.52 Å². The van der Waals surface area contributed by atoms with Crippen molar-refractivity contribution in [2.75, 3.05) is 0 Å². The zero-order valence-electron chi connectivity index (χ0n) is 8.25. The predicted molar refractivity (Wildman–Crippen MR) is 56.8 cm³/mol. The Kier molecular flexibility index (Phi) is 2.78. The average Bonchev–Trinajstić information content (AvgIpc) is 2.83. The van der Waals surface area contributed by atoms with Crippen LogP contribution in [0.3, 0.4) is 0 Å². The fourth-order valence-corrected chi connectivity index (χ4v) is 1.77. The van der Waals surface area contributed by atoms with Crippen molar-refractivity contribution < 1.29 is 14.3 Å². The topological polar surface area (TPSA) is 89.1 Å². The molecule has 2 aromatic heterocycles. The van der Waals surface area contributed by atoms with Gasteiger partial charge in [0.2, 0.25) is 5.89 Å². The van der Waals surface area contributed by atoms with Gasteiger partial charge in [-0.15, -0.1) is 21.5 Å². The maximum Gasteiger partial charge on any atom is 0.328 e. The van der Waals surface area contributed by atoms with E-state index in [1.54, 1.807) is 5.51 Å². The number of carboxylic acids is 1. The van der Waals surface area contributed by atoms with Crippen molar-refractivity contribution in [3.05, 3.63) is 23.2 Å². The summed E-state index contributed by atoms with van der Waals surface area (Å²) in [6, 6.07) is 0. The number of nitrogens with zero attached hydrogens (tertiary/aromatic N) is 3. The van der Waals surface area contributed by atoms with Gasteiger partial charge in [0.15, 0.2) is 0 Å². The minimum atomic E-state index is -1.06. The molecule has 0 radical (unpaired) electrons. The molecule has 1 N–H and O–H groups in total. The third-order valence-corrected chi connectivity index (χ3v) is 2.67. The fraction of sp³-hybridized carbons (Fsp3) is 0.111. The maximum absolute atomic E-state index is 10.3. The number of carboxylic acid groups (broad SMARTS) is 1. The molecule has 0 aliphatic carbocycles. The molecule has 82 valence electrons. The third kappa shape index (κ3) is 2.14. The molecule has 7 heteroatoms. The van der Waals surface area contributed by atoms with E-state index in [1.165, 1.54) is 17.4 Å². The van der Waals surface area contributed by atoms with E-state index in [1.807, 2.05) is 6.92 Å². The molecule has 0 fully saturated rings. The first-order valence-electron chi connectivity index (χ1n) is 4.32. The third-order valence-electron chi connectivity index (χ3n) is 1.75. The van der Waals surface area contributed by atoms with Crippen LogP contribution >= 0.6 is 11.3 Å². The highest BCUT2D eigenvalue weighted by Crippen LogP contribution is 2.25. The molecule has 0 spiro atoms. The van der Waals surface area contributed by atoms with Gasteiger partial charge in [0.25, 0.3) is 5.89 Å². The lowest BCUT2D eigenvalue weighted by Crippen LogP contribution is -1.85. The molecular weight excluding hydrogens is 230 g/mol. The molecule has 0 atom stereocenters. The first-order valence-corrected chi connectivity index (χ1v) is 5.20. The molecule has 6 nitrogen and oxygen atoms in total. The zero-order valence-corrected chi connectivity index (χ0v) is 9.06. The smallest absolute Gasteiger partial charge is 0.328 e. The number of aromatic nitrogens is 3. The van der Waals surface area contributed by atoms with E-state index in [0.29, 0.717) is 5.89 Å². The summed E-state index contributed by atoms with van der Waals surface area (Å²) >= 11 is 1.39. The molecule has 0 aromatic carbocycles. The number of rotatable bonds is 3. The van der Waals surface area contributed by atoms with Gasteiger partial charge in [-0.2, -0.15) is 0 Å². The number of aryl methyl sites for hydroxylation is 1. The Balaban J connectivity index is 2.27. The molecule has 0 amide bonds. The molecule has 0 saturated heterocycles. The van der Waals surface area contributed by atoms with E-state index in [2.05, 4.69) is 15.2 Å². The second-order valence-corrected chi connectivity index (χ2v) is 3.74. The predicted octanol–water partition coefficient (Wildman–Crippen LogP) is 1.60. The van der Waals surface area contributed by atoms with Gasteiger partial charge in [-0.05, 0) is 6.92 Å². The van der Waals surface area contributed by atoms with Crippen molar-refractivity contribution in [1.82, 2.24) is 15.2 Å². The molecule has 2 rings (SSSR count). The summed E-state index contributed by atoms with van der Waals surface area (Å²) in [5, 5.41) is 15.9. The van der Waals surface area contributed by atoms with Crippen LogP contribution in [0.25, 0.3) is 16.8 Å². The summed E-state index contributed by atoms with van der Waals surface area (Å²) in [5.74, 6) is -0.552. The van der Waals surface area contributed by atoms with Crippen molar-refractivity contribution in [2.45, 2.75) is 6.92 Å². The summed E-state index contributed by atoms with van der Waals surface area (Å²) in [6.07, 6.45) is 2.19. The van der Waals surface area contributed by atoms with E-state index in [-0.39, 0.29) is 5.89 Å². The van der Waals surface area contributed by atoms with Crippen LogP contribution in [0, 0.1) is 6.92 Å². The SMILES string of the molecule is Cc1ncsc1-c1nnc(/C=C/C(=O)O)o1. The standard InChI is InChI=1S/C9H7N3O3S/c1-5-8(16-4-10-5)9-12-11-6(15-9)2-3-7(13)14/h2-4H,1H3,(H,13,14)/b3-2+. The minimum Gasteiger partial charge on any atom is -0.478 e. The van der Waals surface area contributed by atoms with Gasteiger partial charge in [0, 0.05) is 12.2 Å². The van der Waals surface area contributed by atoms with Gasteiger partial charge in [-0.3, -0.25) is 0 Å². The number of aliphatic carboxylic acids is 1. The lowest BCUT2D eigenvalue weighted by molar-refractivity contribution is -0.131. The van der Waals surface area contributed by atoms with E-state index in [9.17, 15) is 4.79 Å². The van der Waals surface area contributed by atoms with Crippen LogP contribution in [-0.4, -0.2) is 26.3 Å². The largest absolute Gasteiger partial charge is 0.478 e. The first-order chi connectivity index (χ1) is 7.66. The zero-order chi connectivity index (χ0) is 11.5. The summed E-state index contributed by atoms with van der Waals surface area (Å²) in [6.45, 7) is 1.84. The van der Waals surface area contributed by atoms with E-state index in [0.717, 1.165) is 16.6 Å². The van der Waals surface area contributed by atoms with Crippen LogP contribution in [0.15, 0.2) is 16.0 Å². The van der Waals surface area contributed by atoms with Crippen LogP contribution < -0.4 is 0 Å². The van der Waals surface area contributed by atoms with E-state index >= 15 is 0 Å². The molecule has 2 aromatic rings. The van der Waals surface area contributed by atoms with Gasteiger partial charge in [0.1, 0.15) is 4.88 Å².